The molecule has 20 heavy (non-hydrogen) atoms. The molecule has 2 aromatic rings. The van der Waals surface area contributed by atoms with Crippen molar-refractivity contribution in [1.29, 1.82) is 0 Å². The molecule has 1 atom stereocenters. The van der Waals surface area contributed by atoms with Crippen LogP contribution in [-0.2, 0) is 0 Å². The van der Waals surface area contributed by atoms with Gasteiger partial charge in [0.1, 0.15) is 5.75 Å². The van der Waals surface area contributed by atoms with Gasteiger partial charge in [-0.1, -0.05) is 29.3 Å². The largest absolute Gasteiger partial charge is 0.496 e. The minimum atomic E-state index is 0.137. The van der Waals surface area contributed by atoms with E-state index in [0.29, 0.717) is 10.0 Å². The molecule has 0 spiro atoms. The van der Waals surface area contributed by atoms with Gasteiger partial charge in [0, 0.05) is 11.7 Å². The molecule has 0 aliphatic rings. The van der Waals surface area contributed by atoms with Crippen LogP contribution in [0.2, 0.25) is 10.0 Å². The van der Waals surface area contributed by atoms with Crippen LogP contribution >= 0.6 is 23.2 Å². The molecule has 0 aliphatic heterocycles. The third-order valence-corrected chi connectivity index (χ3v) is 3.96. The van der Waals surface area contributed by atoms with Gasteiger partial charge in [-0.3, -0.25) is 0 Å². The van der Waals surface area contributed by atoms with Crippen molar-refractivity contribution in [3.63, 3.8) is 0 Å². The molecule has 0 saturated carbocycles. The maximum absolute atomic E-state index is 6.05. The third-order valence-electron chi connectivity index (χ3n) is 3.22. The minimum Gasteiger partial charge on any atom is -0.496 e. The van der Waals surface area contributed by atoms with Crippen LogP contribution in [-0.4, -0.2) is 7.11 Å². The molecular weight excluding hydrogens is 293 g/mol. The molecule has 2 rings (SSSR count). The molecule has 0 bridgehead atoms. The molecule has 106 valence electrons. The predicted octanol–water partition coefficient (Wildman–Crippen LogP) is 5.48. The molecule has 0 saturated heterocycles. The Bertz CT molecular complexity index is 613. The van der Waals surface area contributed by atoms with Gasteiger partial charge in [0.25, 0.3) is 0 Å². The van der Waals surface area contributed by atoms with Crippen molar-refractivity contribution >= 4 is 28.9 Å². The van der Waals surface area contributed by atoms with Crippen molar-refractivity contribution in [2.45, 2.75) is 19.9 Å². The van der Waals surface area contributed by atoms with Crippen molar-refractivity contribution in [1.82, 2.24) is 0 Å². The Morgan fingerprint density at radius 3 is 2.40 bits per heavy atom. The Balaban J connectivity index is 2.16. The quantitative estimate of drug-likeness (QED) is 0.807. The molecule has 2 nitrogen and oxygen atoms in total. The van der Waals surface area contributed by atoms with Crippen molar-refractivity contribution in [2.75, 3.05) is 12.4 Å². The van der Waals surface area contributed by atoms with Gasteiger partial charge in [-0.2, -0.15) is 0 Å². The molecule has 0 amide bonds. The van der Waals surface area contributed by atoms with Gasteiger partial charge in [0.15, 0.2) is 0 Å². The van der Waals surface area contributed by atoms with Crippen LogP contribution in [0.15, 0.2) is 36.4 Å². The van der Waals surface area contributed by atoms with Crippen molar-refractivity contribution in [3.8, 4) is 5.75 Å². The van der Waals surface area contributed by atoms with E-state index in [1.54, 1.807) is 7.11 Å². The summed E-state index contributed by atoms with van der Waals surface area (Å²) in [7, 11) is 1.67. The zero-order chi connectivity index (χ0) is 14.7. The first kappa shape index (κ1) is 15.0. The van der Waals surface area contributed by atoms with Gasteiger partial charge in [0.05, 0.1) is 17.2 Å². The molecule has 0 radical (unpaired) electrons. The summed E-state index contributed by atoms with van der Waals surface area (Å²) in [5.41, 5.74) is 3.23. The Kier molecular flexibility index (Phi) is 4.79. The Hall–Kier alpha value is -1.38. The highest BCUT2D eigenvalue weighted by molar-refractivity contribution is 6.42. The topological polar surface area (TPSA) is 21.3 Å². The Labute approximate surface area is 129 Å². The van der Waals surface area contributed by atoms with E-state index >= 15 is 0 Å². The number of hydrogen-bond donors (Lipinski definition) is 1. The summed E-state index contributed by atoms with van der Waals surface area (Å²) in [4.78, 5) is 0. The monoisotopic (exact) mass is 309 g/mol. The van der Waals surface area contributed by atoms with E-state index in [1.807, 2.05) is 37.3 Å². The predicted molar refractivity (Wildman–Crippen MR) is 86.2 cm³/mol. The van der Waals surface area contributed by atoms with E-state index in [2.05, 4.69) is 18.3 Å². The lowest BCUT2D eigenvalue weighted by Gasteiger charge is -2.17. The van der Waals surface area contributed by atoms with E-state index in [-0.39, 0.29) is 6.04 Å². The summed E-state index contributed by atoms with van der Waals surface area (Å²) in [6.07, 6.45) is 0. The molecule has 4 heteroatoms. The Morgan fingerprint density at radius 2 is 1.80 bits per heavy atom. The van der Waals surface area contributed by atoms with Crippen molar-refractivity contribution in [2.24, 2.45) is 0 Å². The molecule has 1 unspecified atom stereocenters. The fraction of sp³-hybridized carbons (Fsp3) is 0.250. The minimum absolute atomic E-state index is 0.137. The number of rotatable bonds is 4. The fourth-order valence-corrected chi connectivity index (χ4v) is 2.39. The van der Waals surface area contributed by atoms with Crippen LogP contribution in [0, 0.1) is 6.92 Å². The van der Waals surface area contributed by atoms with Gasteiger partial charge >= 0.3 is 0 Å². The number of benzene rings is 2. The Morgan fingerprint density at radius 1 is 1.05 bits per heavy atom. The summed E-state index contributed by atoms with van der Waals surface area (Å²) in [5.74, 6) is 0.887. The highest BCUT2D eigenvalue weighted by atomic mass is 35.5. The molecule has 2 aromatic carbocycles. The van der Waals surface area contributed by atoms with E-state index < -0.39 is 0 Å². The van der Waals surface area contributed by atoms with Crippen LogP contribution in [0.1, 0.15) is 24.1 Å². The molecular formula is C16H17Cl2NO. The number of hydrogen-bond acceptors (Lipinski definition) is 2. The summed E-state index contributed by atoms with van der Waals surface area (Å²) >= 11 is 12.0. The second kappa shape index (κ2) is 6.38. The van der Waals surface area contributed by atoms with Crippen molar-refractivity contribution < 1.29 is 4.74 Å². The first-order valence-corrected chi connectivity index (χ1v) is 7.13. The maximum atomic E-state index is 6.05. The zero-order valence-corrected chi connectivity index (χ0v) is 13.2. The van der Waals surface area contributed by atoms with Gasteiger partial charge in [0.2, 0.25) is 0 Å². The molecule has 0 heterocycles. The van der Waals surface area contributed by atoms with Gasteiger partial charge in [-0.05, 0) is 55.3 Å². The number of ether oxygens (including phenoxy) is 1. The van der Waals surface area contributed by atoms with Crippen LogP contribution in [0.25, 0.3) is 0 Å². The highest BCUT2D eigenvalue weighted by Crippen LogP contribution is 2.28. The number of anilines is 1. The third kappa shape index (κ3) is 3.38. The number of nitrogens with one attached hydrogen (secondary N) is 1. The number of aryl methyl sites for hydroxylation is 1. The molecule has 0 aromatic heterocycles. The summed E-state index contributed by atoms with van der Waals surface area (Å²) in [6, 6.07) is 11.8. The van der Waals surface area contributed by atoms with Crippen LogP contribution in [0.4, 0.5) is 5.69 Å². The SMILES string of the molecule is COc1ccc(NC(C)c2ccc(Cl)c(Cl)c2)cc1C. The second-order valence-corrected chi connectivity index (χ2v) is 5.54. The van der Waals surface area contributed by atoms with Crippen LogP contribution < -0.4 is 10.1 Å². The molecule has 1 N–H and O–H groups in total. The lowest BCUT2D eigenvalue weighted by atomic mass is 10.1. The first-order valence-electron chi connectivity index (χ1n) is 6.37. The van der Waals surface area contributed by atoms with Crippen molar-refractivity contribution in [3.05, 3.63) is 57.6 Å². The second-order valence-electron chi connectivity index (χ2n) is 4.72. The standard InChI is InChI=1S/C16H17Cl2NO/c1-10-8-13(5-7-16(10)20-3)19-11(2)12-4-6-14(17)15(18)9-12/h4-9,11,19H,1-3H3. The normalized spacial score (nSPS) is 12.1. The molecule has 0 aliphatic carbocycles. The smallest absolute Gasteiger partial charge is 0.121 e. The van der Waals surface area contributed by atoms with E-state index in [1.165, 1.54) is 0 Å². The van der Waals surface area contributed by atoms with Gasteiger partial charge in [-0.15, -0.1) is 0 Å². The van der Waals surface area contributed by atoms with Gasteiger partial charge < -0.3 is 10.1 Å². The lowest BCUT2D eigenvalue weighted by Crippen LogP contribution is -2.06. The van der Waals surface area contributed by atoms with Crippen LogP contribution in [0.5, 0.6) is 5.75 Å². The summed E-state index contributed by atoms with van der Waals surface area (Å²) in [6.45, 7) is 4.10. The van der Waals surface area contributed by atoms with Crippen LogP contribution in [0.3, 0.4) is 0 Å². The average Bonchev–Trinajstić information content (AvgIpc) is 2.42. The van der Waals surface area contributed by atoms with E-state index in [9.17, 15) is 0 Å². The average molecular weight is 310 g/mol. The van der Waals surface area contributed by atoms with E-state index in [0.717, 1.165) is 22.6 Å². The number of halogens is 2. The summed E-state index contributed by atoms with van der Waals surface area (Å²) < 4.78 is 5.26. The maximum Gasteiger partial charge on any atom is 0.121 e. The first-order chi connectivity index (χ1) is 9.51. The molecule has 0 fully saturated rings. The van der Waals surface area contributed by atoms with Gasteiger partial charge in [-0.25, -0.2) is 0 Å². The fourth-order valence-electron chi connectivity index (χ4n) is 2.08. The van der Waals surface area contributed by atoms with E-state index in [4.69, 9.17) is 27.9 Å². The summed E-state index contributed by atoms with van der Waals surface area (Å²) in [5, 5.41) is 4.58. The zero-order valence-electron chi connectivity index (χ0n) is 11.7. The highest BCUT2D eigenvalue weighted by Gasteiger charge is 2.08. The lowest BCUT2D eigenvalue weighted by molar-refractivity contribution is 0.412. The number of methoxy groups -OCH3 is 1.